The Bertz CT molecular complexity index is 834. The predicted octanol–water partition coefficient (Wildman–Crippen LogP) is 1.62. The number of sulfonamides is 1. The highest BCUT2D eigenvalue weighted by Gasteiger charge is 2.34. The number of amides is 1. The van der Waals surface area contributed by atoms with E-state index in [1.54, 1.807) is 18.2 Å². The van der Waals surface area contributed by atoms with Crippen molar-refractivity contribution >= 4 is 38.7 Å². The van der Waals surface area contributed by atoms with Crippen LogP contribution >= 0.6 is 11.7 Å². The van der Waals surface area contributed by atoms with Gasteiger partial charge in [0.25, 0.3) is 0 Å². The third-order valence-electron chi connectivity index (χ3n) is 4.17. The van der Waals surface area contributed by atoms with Crippen molar-refractivity contribution in [2.75, 3.05) is 19.6 Å². The van der Waals surface area contributed by atoms with E-state index in [0.29, 0.717) is 37.0 Å². The first kappa shape index (κ1) is 17.2. The molecule has 1 N–H and O–H groups in total. The van der Waals surface area contributed by atoms with Crippen molar-refractivity contribution in [3.05, 3.63) is 18.2 Å². The van der Waals surface area contributed by atoms with Crippen molar-refractivity contribution in [1.82, 2.24) is 18.4 Å². The van der Waals surface area contributed by atoms with Crippen LogP contribution in [0.15, 0.2) is 23.1 Å². The summed E-state index contributed by atoms with van der Waals surface area (Å²) in [5, 5.41) is 2.86. The second-order valence-corrected chi connectivity index (χ2v) is 8.32. The van der Waals surface area contributed by atoms with Gasteiger partial charge in [0.2, 0.25) is 15.9 Å². The average Bonchev–Trinajstić information content (AvgIpc) is 3.08. The van der Waals surface area contributed by atoms with E-state index in [1.807, 2.05) is 6.92 Å². The molecule has 0 unspecified atom stereocenters. The zero-order valence-corrected chi connectivity index (χ0v) is 15.1. The molecule has 1 atom stereocenters. The van der Waals surface area contributed by atoms with Gasteiger partial charge in [0.15, 0.2) is 0 Å². The molecule has 2 aromatic rings. The molecule has 0 spiro atoms. The Hall–Kier alpha value is -1.58. The molecule has 3 rings (SSSR count). The van der Waals surface area contributed by atoms with Gasteiger partial charge in [-0.25, -0.2) is 8.42 Å². The summed E-state index contributed by atoms with van der Waals surface area (Å²) in [5.41, 5.74) is 0.982. The zero-order valence-electron chi connectivity index (χ0n) is 13.4. The Kier molecular flexibility index (Phi) is 5.12. The van der Waals surface area contributed by atoms with Crippen molar-refractivity contribution in [3.8, 4) is 0 Å². The van der Waals surface area contributed by atoms with E-state index in [9.17, 15) is 13.2 Å². The predicted molar refractivity (Wildman–Crippen MR) is 92.2 cm³/mol. The maximum absolute atomic E-state index is 13.0. The van der Waals surface area contributed by atoms with E-state index in [1.165, 1.54) is 4.31 Å². The summed E-state index contributed by atoms with van der Waals surface area (Å²) in [6, 6.07) is 4.97. The van der Waals surface area contributed by atoms with Crippen molar-refractivity contribution in [2.24, 2.45) is 5.92 Å². The third kappa shape index (κ3) is 3.28. The lowest BCUT2D eigenvalue weighted by molar-refractivity contribution is -0.126. The fourth-order valence-electron chi connectivity index (χ4n) is 2.90. The average molecular weight is 368 g/mol. The van der Waals surface area contributed by atoms with Crippen LogP contribution in [0.5, 0.6) is 0 Å². The van der Waals surface area contributed by atoms with E-state index in [0.717, 1.165) is 18.1 Å². The fraction of sp³-hybridized carbons (Fsp3) is 0.533. The quantitative estimate of drug-likeness (QED) is 0.866. The number of aromatic nitrogens is 2. The first-order valence-electron chi connectivity index (χ1n) is 8.03. The number of piperidine rings is 1. The number of rotatable bonds is 5. The van der Waals surface area contributed by atoms with Crippen LogP contribution in [0.4, 0.5) is 0 Å². The molecule has 24 heavy (non-hydrogen) atoms. The number of hydrogen-bond acceptors (Lipinski definition) is 6. The van der Waals surface area contributed by atoms with Gasteiger partial charge in [0, 0.05) is 19.6 Å². The number of nitrogens with one attached hydrogen (secondary N) is 1. The van der Waals surface area contributed by atoms with Crippen LogP contribution in [0.3, 0.4) is 0 Å². The molecule has 0 bridgehead atoms. The number of carbonyl (C=O) groups is 1. The summed E-state index contributed by atoms with van der Waals surface area (Å²) in [4.78, 5) is 12.4. The van der Waals surface area contributed by atoms with Crippen molar-refractivity contribution in [3.63, 3.8) is 0 Å². The van der Waals surface area contributed by atoms with Crippen LogP contribution in [-0.4, -0.2) is 47.0 Å². The second kappa shape index (κ2) is 7.12. The number of carbonyl (C=O) groups excluding carboxylic acids is 1. The highest BCUT2D eigenvalue weighted by molar-refractivity contribution is 7.89. The Labute approximate surface area is 145 Å². The molecular weight excluding hydrogens is 348 g/mol. The fourth-order valence-corrected chi connectivity index (χ4v) is 5.17. The topological polar surface area (TPSA) is 92.3 Å². The second-order valence-electron chi connectivity index (χ2n) is 5.88. The largest absolute Gasteiger partial charge is 0.356 e. The molecule has 1 aromatic heterocycles. The lowest BCUT2D eigenvalue weighted by Crippen LogP contribution is -2.45. The lowest BCUT2D eigenvalue weighted by atomic mass is 9.99. The van der Waals surface area contributed by atoms with Gasteiger partial charge in [0.1, 0.15) is 15.9 Å². The molecule has 0 radical (unpaired) electrons. The molecule has 1 aromatic carbocycles. The molecular formula is C15H20N4O3S2. The Balaban J connectivity index is 1.84. The van der Waals surface area contributed by atoms with E-state index in [4.69, 9.17) is 0 Å². The Morgan fingerprint density at radius 2 is 2.25 bits per heavy atom. The van der Waals surface area contributed by atoms with Gasteiger partial charge in [-0.2, -0.15) is 13.1 Å². The Morgan fingerprint density at radius 1 is 1.42 bits per heavy atom. The van der Waals surface area contributed by atoms with Crippen LogP contribution in [0.1, 0.15) is 26.2 Å². The number of nitrogens with zero attached hydrogens (tertiary/aromatic N) is 3. The number of hydrogen-bond donors (Lipinski definition) is 1. The molecule has 1 saturated heterocycles. The first-order chi connectivity index (χ1) is 11.5. The molecule has 130 valence electrons. The van der Waals surface area contributed by atoms with Crippen LogP contribution < -0.4 is 5.32 Å². The van der Waals surface area contributed by atoms with Crippen LogP contribution in [0.2, 0.25) is 0 Å². The third-order valence-corrected chi connectivity index (χ3v) is 6.61. The summed E-state index contributed by atoms with van der Waals surface area (Å²) in [5.74, 6) is -0.363. The smallest absolute Gasteiger partial charge is 0.245 e. The normalized spacial score (nSPS) is 19.5. The Morgan fingerprint density at radius 3 is 3.04 bits per heavy atom. The van der Waals surface area contributed by atoms with Crippen molar-refractivity contribution in [1.29, 1.82) is 0 Å². The summed E-state index contributed by atoms with van der Waals surface area (Å²) in [6.45, 7) is 3.24. The summed E-state index contributed by atoms with van der Waals surface area (Å²) in [6.07, 6.45) is 2.25. The van der Waals surface area contributed by atoms with E-state index in [2.05, 4.69) is 14.1 Å². The van der Waals surface area contributed by atoms with Gasteiger partial charge in [-0.15, -0.1) is 0 Å². The highest BCUT2D eigenvalue weighted by Crippen LogP contribution is 2.28. The van der Waals surface area contributed by atoms with E-state index >= 15 is 0 Å². The molecule has 0 aliphatic carbocycles. The zero-order chi connectivity index (χ0) is 17.2. The van der Waals surface area contributed by atoms with Gasteiger partial charge < -0.3 is 5.32 Å². The van der Waals surface area contributed by atoms with Gasteiger partial charge in [0.05, 0.1) is 17.6 Å². The van der Waals surface area contributed by atoms with Crippen LogP contribution in [-0.2, 0) is 14.8 Å². The monoisotopic (exact) mass is 368 g/mol. The highest BCUT2D eigenvalue weighted by atomic mass is 32.2. The van der Waals surface area contributed by atoms with Gasteiger partial charge in [-0.05, 0) is 31.4 Å². The molecule has 1 aliphatic rings. The minimum absolute atomic E-state index is 0.0646. The minimum atomic E-state index is -3.69. The standard InChI is InChI=1S/C15H20N4O3S2/c1-2-8-16-15(20)11-5-4-9-19(10-11)24(21,22)13-7-3-6-12-14(13)18-23-17-12/h3,6-7,11H,2,4-5,8-10H2,1H3,(H,16,20)/t11-/m0/s1. The van der Waals surface area contributed by atoms with Crippen molar-refractivity contribution < 1.29 is 13.2 Å². The molecule has 0 saturated carbocycles. The number of benzene rings is 1. The van der Waals surface area contributed by atoms with Gasteiger partial charge in [-0.1, -0.05) is 13.0 Å². The maximum Gasteiger partial charge on any atom is 0.245 e. The summed E-state index contributed by atoms with van der Waals surface area (Å²) < 4.78 is 35.6. The first-order valence-corrected chi connectivity index (χ1v) is 10.2. The van der Waals surface area contributed by atoms with Gasteiger partial charge >= 0.3 is 0 Å². The SMILES string of the molecule is CCCNC(=O)[C@H]1CCCN(S(=O)(=O)c2cccc3nsnc23)C1. The summed E-state index contributed by atoms with van der Waals surface area (Å²) >= 11 is 0.997. The van der Waals surface area contributed by atoms with Crippen LogP contribution in [0.25, 0.3) is 11.0 Å². The lowest BCUT2D eigenvalue weighted by Gasteiger charge is -2.31. The maximum atomic E-state index is 13.0. The molecule has 1 fully saturated rings. The van der Waals surface area contributed by atoms with Crippen molar-refractivity contribution in [2.45, 2.75) is 31.1 Å². The van der Waals surface area contributed by atoms with Gasteiger partial charge in [-0.3, -0.25) is 4.79 Å². The van der Waals surface area contributed by atoms with E-state index in [-0.39, 0.29) is 23.3 Å². The molecule has 9 heteroatoms. The molecule has 1 amide bonds. The molecule has 1 aliphatic heterocycles. The molecule has 2 heterocycles. The molecule has 7 nitrogen and oxygen atoms in total. The van der Waals surface area contributed by atoms with Crippen LogP contribution in [0, 0.1) is 5.92 Å². The summed E-state index contributed by atoms with van der Waals surface area (Å²) in [7, 11) is -3.69. The number of fused-ring (bicyclic) bond motifs is 1. The van der Waals surface area contributed by atoms with E-state index < -0.39 is 10.0 Å². The minimum Gasteiger partial charge on any atom is -0.356 e.